The highest BCUT2D eigenvalue weighted by Crippen LogP contribution is 2.08. The van der Waals surface area contributed by atoms with Gasteiger partial charge in [0.2, 0.25) is 0 Å². The molecule has 0 rings (SSSR count). The number of hydrogen-bond acceptors (Lipinski definition) is 2. The van der Waals surface area contributed by atoms with E-state index in [0.29, 0.717) is 11.7 Å². The largest absolute Gasteiger partial charge is 0.303 e. The molecule has 0 aromatic carbocycles. The van der Waals surface area contributed by atoms with Gasteiger partial charge in [-0.25, -0.2) is 0 Å². The molecule has 0 saturated heterocycles. The summed E-state index contributed by atoms with van der Waals surface area (Å²) in [6, 6.07) is 0. The van der Waals surface area contributed by atoms with E-state index in [1.165, 1.54) is 0 Å². The maximum atomic E-state index is 9.77. The Kier molecular flexibility index (Phi) is 5.18. The number of rotatable bonds is 4. The van der Waals surface area contributed by atoms with Crippen LogP contribution < -0.4 is 0 Å². The van der Waals surface area contributed by atoms with Crippen LogP contribution >= 0.6 is 11.8 Å². The van der Waals surface area contributed by atoms with Crippen LogP contribution in [0.1, 0.15) is 20.3 Å². The first kappa shape index (κ1) is 8.02. The third-order valence-electron chi connectivity index (χ3n) is 0.687. The van der Waals surface area contributed by atoms with Crippen LogP contribution in [0, 0.1) is 0 Å². The molecule has 0 aliphatic carbocycles. The summed E-state index contributed by atoms with van der Waals surface area (Å²) in [6.45, 7) is 4.27. The van der Waals surface area contributed by atoms with Crippen LogP contribution in [0.15, 0.2) is 0 Å². The highest BCUT2D eigenvalue weighted by Gasteiger charge is 1.90. The van der Waals surface area contributed by atoms with Crippen molar-refractivity contribution in [1.82, 2.24) is 0 Å². The van der Waals surface area contributed by atoms with Gasteiger partial charge in [-0.2, -0.15) is 11.8 Å². The summed E-state index contributed by atoms with van der Waals surface area (Å²) in [4.78, 5) is 9.77. The summed E-state index contributed by atoms with van der Waals surface area (Å²) < 4.78 is 0. The molecule has 0 aromatic rings. The Morgan fingerprint density at radius 2 is 2.25 bits per heavy atom. The second kappa shape index (κ2) is 5.16. The molecule has 2 heteroatoms. The average Bonchev–Trinajstić information content (AvgIpc) is 1.66. The van der Waals surface area contributed by atoms with E-state index in [9.17, 15) is 4.79 Å². The molecule has 0 bridgehead atoms. The van der Waals surface area contributed by atoms with Crippen molar-refractivity contribution in [3.05, 3.63) is 0 Å². The Balaban J connectivity index is 2.81. The zero-order valence-corrected chi connectivity index (χ0v) is 6.20. The highest BCUT2D eigenvalue weighted by molar-refractivity contribution is 7.99. The molecule has 0 atom stereocenters. The second-order valence-electron chi connectivity index (χ2n) is 1.87. The van der Waals surface area contributed by atoms with Gasteiger partial charge in [0.15, 0.2) is 0 Å². The van der Waals surface area contributed by atoms with Crippen LogP contribution in [0.2, 0.25) is 0 Å². The molecule has 0 radical (unpaired) electrons. The number of carbonyl (C=O) groups is 1. The first-order chi connectivity index (χ1) is 3.77. The van der Waals surface area contributed by atoms with Crippen LogP contribution in [-0.2, 0) is 4.79 Å². The van der Waals surface area contributed by atoms with Gasteiger partial charge in [-0.3, -0.25) is 0 Å². The minimum absolute atomic E-state index is 0.662. The second-order valence-corrected chi connectivity index (χ2v) is 3.56. The van der Waals surface area contributed by atoms with Crippen LogP contribution in [0.5, 0.6) is 0 Å². The van der Waals surface area contributed by atoms with Crippen LogP contribution in [-0.4, -0.2) is 17.3 Å². The van der Waals surface area contributed by atoms with E-state index >= 15 is 0 Å². The van der Waals surface area contributed by atoms with Gasteiger partial charge in [0, 0.05) is 12.2 Å². The number of hydrogen-bond donors (Lipinski definition) is 0. The molecule has 0 N–H and O–H groups in total. The summed E-state index contributed by atoms with van der Waals surface area (Å²) in [5.74, 6) is 0.973. The van der Waals surface area contributed by atoms with Crippen molar-refractivity contribution in [2.45, 2.75) is 25.5 Å². The molecule has 0 spiro atoms. The van der Waals surface area contributed by atoms with Crippen molar-refractivity contribution >= 4 is 18.0 Å². The first-order valence-electron chi connectivity index (χ1n) is 2.82. The molecule has 0 fully saturated rings. The van der Waals surface area contributed by atoms with E-state index in [1.54, 1.807) is 0 Å². The van der Waals surface area contributed by atoms with Crippen molar-refractivity contribution in [3.63, 3.8) is 0 Å². The molecule has 1 nitrogen and oxygen atoms in total. The molecule has 0 aromatic heterocycles. The summed E-state index contributed by atoms with van der Waals surface area (Å²) in [7, 11) is 0. The molecule has 0 unspecified atom stereocenters. The molecule has 8 heavy (non-hydrogen) atoms. The minimum Gasteiger partial charge on any atom is -0.303 e. The summed E-state index contributed by atoms with van der Waals surface area (Å²) in [5, 5.41) is 0.662. The Bertz CT molecular complexity index is 61.5. The van der Waals surface area contributed by atoms with E-state index in [0.717, 1.165) is 12.0 Å². The Morgan fingerprint density at radius 3 is 2.62 bits per heavy atom. The number of carbonyl (C=O) groups excluding carboxylic acids is 1. The van der Waals surface area contributed by atoms with Crippen LogP contribution in [0.3, 0.4) is 0 Å². The monoisotopic (exact) mass is 132 g/mol. The lowest BCUT2D eigenvalue weighted by atomic mass is 10.6. The highest BCUT2D eigenvalue weighted by atomic mass is 32.2. The molecule has 48 valence electrons. The van der Waals surface area contributed by atoms with Gasteiger partial charge in [0.1, 0.15) is 6.29 Å². The fourth-order valence-corrected chi connectivity index (χ4v) is 1.06. The van der Waals surface area contributed by atoms with Gasteiger partial charge in [0.05, 0.1) is 0 Å². The maximum absolute atomic E-state index is 9.77. The fourth-order valence-electron chi connectivity index (χ4n) is 0.352. The first-order valence-corrected chi connectivity index (χ1v) is 3.87. The molecule has 0 amide bonds. The van der Waals surface area contributed by atoms with Gasteiger partial charge in [-0.15, -0.1) is 0 Å². The topological polar surface area (TPSA) is 17.1 Å². The minimum atomic E-state index is 0.662. The summed E-state index contributed by atoms with van der Waals surface area (Å²) >= 11 is 1.82. The molecular weight excluding hydrogens is 120 g/mol. The van der Waals surface area contributed by atoms with Crippen molar-refractivity contribution in [3.8, 4) is 0 Å². The van der Waals surface area contributed by atoms with Gasteiger partial charge < -0.3 is 4.79 Å². The van der Waals surface area contributed by atoms with Crippen LogP contribution in [0.4, 0.5) is 0 Å². The molecule has 0 aliphatic heterocycles. The standard InChI is InChI=1S/C6H12OS/c1-6(2)8-5-3-4-7/h4,6H,3,5H2,1-2H3. The average molecular weight is 132 g/mol. The van der Waals surface area contributed by atoms with Gasteiger partial charge in [-0.1, -0.05) is 13.8 Å². The van der Waals surface area contributed by atoms with E-state index in [1.807, 2.05) is 11.8 Å². The Labute approximate surface area is 54.8 Å². The number of thioether (sulfide) groups is 1. The van der Waals surface area contributed by atoms with E-state index in [2.05, 4.69) is 13.8 Å². The lowest BCUT2D eigenvalue weighted by molar-refractivity contribution is -0.107. The van der Waals surface area contributed by atoms with Crippen molar-refractivity contribution in [2.24, 2.45) is 0 Å². The van der Waals surface area contributed by atoms with Crippen molar-refractivity contribution in [1.29, 1.82) is 0 Å². The summed E-state index contributed by atoms with van der Waals surface area (Å²) in [6.07, 6.45) is 1.66. The van der Waals surface area contributed by atoms with Gasteiger partial charge >= 0.3 is 0 Å². The predicted molar refractivity (Wildman–Crippen MR) is 38.3 cm³/mol. The third kappa shape index (κ3) is 6.02. The van der Waals surface area contributed by atoms with Gasteiger partial charge in [-0.05, 0) is 5.25 Å². The van der Waals surface area contributed by atoms with E-state index in [-0.39, 0.29) is 0 Å². The van der Waals surface area contributed by atoms with E-state index < -0.39 is 0 Å². The smallest absolute Gasteiger partial charge is 0.120 e. The number of aldehydes is 1. The Morgan fingerprint density at radius 1 is 1.62 bits per heavy atom. The maximum Gasteiger partial charge on any atom is 0.120 e. The fraction of sp³-hybridized carbons (Fsp3) is 0.833. The lowest BCUT2D eigenvalue weighted by Gasteiger charge is -1.98. The SMILES string of the molecule is CC(C)SCCC=O. The normalized spacial score (nSPS) is 9.88. The quantitative estimate of drug-likeness (QED) is 0.428. The molecule has 0 saturated carbocycles. The lowest BCUT2D eigenvalue weighted by Crippen LogP contribution is -1.89. The van der Waals surface area contributed by atoms with Crippen molar-refractivity contribution < 1.29 is 4.79 Å². The predicted octanol–water partition coefficient (Wildman–Crippen LogP) is 1.72. The third-order valence-corrected chi connectivity index (χ3v) is 1.82. The summed E-state index contributed by atoms with van der Waals surface area (Å²) in [5.41, 5.74) is 0. The zero-order chi connectivity index (χ0) is 6.41. The molecular formula is C6H12OS. The van der Waals surface area contributed by atoms with E-state index in [4.69, 9.17) is 0 Å². The van der Waals surface area contributed by atoms with Crippen molar-refractivity contribution in [2.75, 3.05) is 5.75 Å². The van der Waals surface area contributed by atoms with Gasteiger partial charge in [0.25, 0.3) is 0 Å². The zero-order valence-electron chi connectivity index (χ0n) is 5.39. The Hall–Kier alpha value is 0.0200. The molecule has 0 aliphatic rings. The van der Waals surface area contributed by atoms with Crippen LogP contribution in [0.25, 0.3) is 0 Å². The molecule has 0 heterocycles.